The summed E-state index contributed by atoms with van der Waals surface area (Å²) in [5.41, 5.74) is 0.110. The molecule has 0 aliphatic carbocycles. The van der Waals surface area contributed by atoms with Crippen LogP contribution in [0.4, 0.5) is 8.78 Å². The molecule has 4 heteroatoms. The Balaban J connectivity index is 1.82. The van der Waals surface area contributed by atoms with Crippen molar-refractivity contribution in [1.82, 2.24) is 5.32 Å². The smallest absolute Gasteiger partial charge is 0.130 e. The minimum absolute atomic E-state index is 0.110. The van der Waals surface area contributed by atoms with Crippen molar-refractivity contribution in [3.8, 4) is 0 Å². The molecule has 2 rings (SSSR count). The quantitative estimate of drug-likeness (QED) is 0.806. The van der Waals surface area contributed by atoms with E-state index >= 15 is 0 Å². The second kappa shape index (κ2) is 5.89. The van der Waals surface area contributed by atoms with Gasteiger partial charge in [-0.3, -0.25) is 0 Å². The minimum atomic E-state index is -0.492. The first-order chi connectivity index (χ1) is 8.27. The van der Waals surface area contributed by atoms with Gasteiger partial charge >= 0.3 is 0 Å². The van der Waals surface area contributed by atoms with Gasteiger partial charge in [0, 0.05) is 23.5 Å². The highest BCUT2D eigenvalue weighted by molar-refractivity contribution is 7.09. The fourth-order valence-electron chi connectivity index (χ4n) is 1.58. The van der Waals surface area contributed by atoms with Crippen molar-refractivity contribution < 1.29 is 8.78 Å². The molecule has 0 spiro atoms. The van der Waals surface area contributed by atoms with E-state index in [4.69, 9.17) is 0 Å². The SMILES string of the molecule is Fc1cccc(F)c1CNCCc1cccs1. The fraction of sp³-hybridized carbons (Fsp3) is 0.231. The highest BCUT2D eigenvalue weighted by Gasteiger charge is 2.07. The molecular weight excluding hydrogens is 240 g/mol. The van der Waals surface area contributed by atoms with Gasteiger partial charge in [0.25, 0.3) is 0 Å². The number of hydrogen-bond donors (Lipinski definition) is 1. The van der Waals surface area contributed by atoms with E-state index in [0.29, 0.717) is 6.54 Å². The van der Waals surface area contributed by atoms with Crippen LogP contribution in [0.5, 0.6) is 0 Å². The molecule has 90 valence electrons. The summed E-state index contributed by atoms with van der Waals surface area (Å²) in [7, 11) is 0. The Morgan fingerprint density at radius 3 is 2.47 bits per heavy atom. The Hall–Kier alpha value is -1.26. The van der Waals surface area contributed by atoms with Crippen LogP contribution in [0.15, 0.2) is 35.7 Å². The zero-order valence-corrected chi connectivity index (χ0v) is 10.1. The third-order valence-corrected chi connectivity index (χ3v) is 3.43. The minimum Gasteiger partial charge on any atom is -0.312 e. The summed E-state index contributed by atoms with van der Waals surface area (Å²) in [6.07, 6.45) is 0.883. The fourth-order valence-corrected chi connectivity index (χ4v) is 2.29. The van der Waals surface area contributed by atoms with E-state index in [-0.39, 0.29) is 12.1 Å². The van der Waals surface area contributed by atoms with Crippen LogP contribution in [0, 0.1) is 11.6 Å². The maximum absolute atomic E-state index is 13.3. The molecule has 2 aromatic rings. The highest BCUT2D eigenvalue weighted by Crippen LogP contribution is 2.12. The number of hydrogen-bond acceptors (Lipinski definition) is 2. The molecule has 0 saturated heterocycles. The largest absolute Gasteiger partial charge is 0.312 e. The maximum Gasteiger partial charge on any atom is 0.130 e. The van der Waals surface area contributed by atoms with Crippen LogP contribution in [0.1, 0.15) is 10.4 Å². The van der Waals surface area contributed by atoms with E-state index in [1.54, 1.807) is 11.3 Å². The van der Waals surface area contributed by atoms with Crippen LogP contribution in [0.3, 0.4) is 0 Å². The zero-order chi connectivity index (χ0) is 12.1. The summed E-state index contributed by atoms with van der Waals surface area (Å²) in [6.45, 7) is 0.943. The lowest BCUT2D eigenvalue weighted by atomic mass is 10.2. The monoisotopic (exact) mass is 253 g/mol. The summed E-state index contributed by atoms with van der Waals surface area (Å²) in [6, 6.07) is 7.98. The number of thiophene rings is 1. The average Bonchev–Trinajstić information content (AvgIpc) is 2.80. The molecule has 1 aromatic carbocycles. The third-order valence-electron chi connectivity index (χ3n) is 2.49. The van der Waals surface area contributed by atoms with E-state index in [9.17, 15) is 8.78 Å². The highest BCUT2D eigenvalue weighted by atomic mass is 32.1. The van der Waals surface area contributed by atoms with Crippen molar-refractivity contribution in [3.63, 3.8) is 0 Å². The maximum atomic E-state index is 13.3. The second-order valence-electron chi connectivity index (χ2n) is 3.71. The van der Waals surface area contributed by atoms with Crippen LogP contribution in [0.25, 0.3) is 0 Å². The van der Waals surface area contributed by atoms with Crippen molar-refractivity contribution in [2.24, 2.45) is 0 Å². The molecule has 0 fully saturated rings. The molecule has 0 bridgehead atoms. The lowest BCUT2D eigenvalue weighted by Crippen LogP contribution is -2.18. The number of nitrogens with one attached hydrogen (secondary N) is 1. The Morgan fingerprint density at radius 2 is 1.82 bits per heavy atom. The topological polar surface area (TPSA) is 12.0 Å². The summed E-state index contributed by atoms with van der Waals surface area (Å²) in [5.74, 6) is -0.984. The first-order valence-corrected chi connectivity index (χ1v) is 6.31. The van der Waals surface area contributed by atoms with Crippen LogP contribution >= 0.6 is 11.3 Å². The molecule has 0 amide bonds. The Morgan fingerprint density at radius 1 is 1.06 bits per heavy atom. The summed E-state index contributed by atoms with van der Waals surface area (Å²) < 4.78 is 26.5. The van der Waals surface area contributed by atoms with Crippen molar-refractivity contribution in [1.29, 1.82) is 0 Å². The van der Waals surface area contributed by atoms with Crippen molar-refractivity contribution in [3.05, 3.63) is 57.8 Å². The van der Waals surface area contributed by atoms with E-state index in [0.717, 1.165) is 6.42 Å². The predicted octanol–water partition coefficient (Wildman–Crippen LogP) is 3.36. The molecule has 1 aromatic heterocycles. The summed E-state index contributed by atoms with van der Waals surface area (Å²) >= 11 is 1.69. The molecule has 1 nitrogen and oxygen atoms in total. The molecule has 0 aliphatic heterocycles. The van der Waals surface area contributed by atoms with E-state index in [1.807, 2.05) is 11.4 Å². The van der Waals surface area contributed by atoms with Crippen LogP contribution in [-0.4, -0.2) is 6.54 Å². The molecule has 1 heterocycles. The van der Waals surface area contributed by atoms with Crippen molar-refractivity contribution >= 4 is 11.3 Å². The molecule has 0 saturated carbocycles. The number of benzene rings is 1. The Bertz CT molecular complexity index is 448. The molecule has 1 N–H and O–H groups in total. The van der Waals surface area contributed by atoms with Gasteiger partial charge in [0.15, 0.2) is 0 Å². The van der Waals surface area contributed by atoms with Gasteiger partial charge in [0.1, 0.15) is 11.6 Å². The molecule has 0 aliphatic rings. The standard InChI is InChI=1S/C13H13F2NS/c14-12-4-1-5-13(15)11(12)9-16-7-6-10-3-2-8-17-10/h1-5,8,16H,6-7,9H2. The van der Waals surface area contributed by atoms with Crippen LogP contribution in [-0.2, 0) is 13.0 Å². The van der Waals surface area contributed by atoms with Crippen molar-refractivity contribution in [2.45, 2.75) is 13.0 Å². The van der Waals surface area contributed by atoms with Gasteiger partial charge in [0.05, 0.1) is 0 Å². The van der Waals surface area contributed by atoms with Gasteiger partial charge in [-0.2, -0.15) is 0 Å². The molecule has 17 heavy (non-hydrogen) atoms. The number of halogens is 2. The molecule has 0 radical (unpaired) electrons. The predicted molar refractivity (Wildman–Crippen MR) is 66.1 cm³/mol. The van der Waals surface area contributed by atoms with Gasteiger partial charge in [-0.25, -0.2) is 8.78 Å². The zero-order valence-electron chi connectivity index (χ0n) is 9.25. The molecular formula is C13H13F2NS. The second-order valence-corrected chi connectivity index (χ2v) is 4.74. The van der Waals surface area contributed by atoms with Crippen LogP contribution in [0.2, 0.25) is 0 Å². The number of rotatable bonds is 5. The molecule has 0 atom stereocenters. The Kier molecular flexibility index (Phi) is 4.23. The summed E-state index contributed by atoms with van der Waals surface area (Å²) in [4.78, 5) is 1.27. The van der Waals surface area contributed by atoms with Gasteiger partial charge in [-0.1, -0.05) is 12.1 Å². The molecule has 0 unspecified atom stereocenters. The summed E-state index contributed by atoms with van der Waals surface area (Å²) in [5, 5.41) is 5.07. The van der Waals surface area contributed by atoms with Gasteiger partial charge in [0.2, 0.25) is 0 Å². The van der Waals surface area contributed by atoms with E-state index < -0.39 is 11.6 Å². The average molecular weight is 253 g/mol. The first-order valence-electron chi connectivity index (χ1n) is 5.43. The normalized spacial score (nSPS) is 10.7. The van der Waals surface area contributed by atoms with Gasteiger partial charge in [-0.15, -0.1) is 11.3 Å². The van der Waals surface area contributed by atoms with Crippen LogP contribution < -0.4 is 5.32 Å². The lowest BCUT2D eigenvalue weighted by molar-refractivity contribution is 0.536. The van der Waals surface area contributed by atoms with Gasteiger partial charge in [-0.05, 0) is 30.0 Å². The lowest BCUT2D eigenvalue weighted by Gasteiger charge is -2.06. The van der Waals surface area contributed by atoms with Gasteiger partial charge < -0.3 is 5.32 Å². The first kappa shape index (κ1) is 12.2. The Labute approximate surface area is 103 Å². The van der Waals surface area contributed by atoms with Crippen molar-refractivity contribution in [2.75, 3.05) is 6.54 Å². The van der Waals surface area contributed by atoms with E-state index in [2.05, 4.69) is 11.4 Å². The van der Waals surface area contributed by atoms with E-state index in [1.165, 1.54) is 23.1 Å². The third kappa shape index (κ3) is 3.35.